The first-order chi connectivity index (χ1) is 16.8. The monoisotopic (exact) mass is 540 g/mol. The maximum absolute atomic E-state index is 16.0. The van der Waals surface area contributed by atoms with Gasteiger partial charge in [-0.3, -0.25) is 14.4 Å². The van der Waals surface area contributed by atoms with Gasteiger partial charge in [0.25, 0.3) is 0 Å². The topological polar surface area (TPSA) is 88.1 Å². The van der Waals surface area contributed by atoms with E-state index in [1.165, 1.54) is 11.8 Å². The highest BCUT2D eigenvalue weighted by Crippen LogP contribution is 2.39. The average Bonchev–Trinajstić information content (AvgIpc) is 2.75. The number of esters is 3. The highest BCUT2D eigenvalue weighted by Gasteiger charge is 2.53. The number of benzene rings is 1. The Hall–Kier alpha value is -2.13. The fourth-order valence-corrected chi connectivity index (χ4v) is 4.18. The van der Waals surface area contributed by atoms with Crippen LogP contribution in [0.25, 0.3) is 0 Å². The van der Waals surface area contributed by atoms with E-state index in [1.54, 1.807) is 62.3 Å². The van der Waals surface area contributed by atoms with Crippen molar-refractivity contribution in [1.29, 1.82) is 0 Å². The van der Waals surface area contributed by atoms with Gasteiger partial charge in [-0.1, -0.05) is 29.5 Å². The van der Waals surface area contributed by atoms with Crippen molar-refractivity contribution in [2.45, 2.75) is 104 Å². The summed E-state index contributed by atoms with van der Waals surface area (Å²) in [4.78, 5) is 38.9. The van der Waals surface area contributed by atoms with E-state index >= 15 is 4.39 Å². The fourth-order valence-electron chi connectivity index (χ4n) is 3.08. The van der Waals surface area contributed by atoms with Gasteiger partial charge in [0.05, 0.1) is 16.2 Å². The Labute approximate surface area is 224 Å². The predicted molar refractivity (Wildman–Crippen MR) is 140 cm³/mol. The predicted octanol–water partition coefficient (Wildman–Crippen LogP) is 5.66. The number of ether oxygens (including phenoxy) is 4. The lowest BCUT2D eigenvalue weighted by Gasteiger charge is -2.43. The summed E-state index contributed by atoms with van der Waals surface area (Å²) in [5, 5.41) is 0. The molecule has 0 spiro atoms. The van der Waals surface area contributed by atoms with Crippen LogP contribution in [0, 0.1) is 23.2 Å². The van der Waals surface area contributed by atoms with E-state index in [-0.39, 0.29) is 6.61 Å². The Balaban J connectivity index is 2.46. The van der Waals surface area contributed by atoms with Crippen LogP contribution in [0.2, 0.25) is 0 Å². The van der Waals surface area contributed by atoms with Crippen molar-refractivity contribution in [3.63, 3.8) is 0 Å². The molecule has 1 aromatic carbocycles. The Morgan fingerprint density at radius 2 is 1.27 bits per heavy atom. The molecule has 0 N–H and O–H groups in total. The largest absolute Gasteiger partial charge is 0.462 e. The molecule has 2 rings (SSSR count). The summed E-state index contributed by atoms with van der Waals surface area (Å²) in [5.41, 5.74) is -2.48. The Bertz CT molecular complexity index is 957. The number of hydrogen-bond donors (Lipinski definition) is 0. The van der Waals surface area contributed by atoms with Crippen LogP contribution in [0.15, 0.2) is 29.2 Å². The van der Waals surface area contributed by atoms with Crippen molar-refractivity contribution in [2.75, 3.05) is 6.61 Å². The Morgan fingerprint density at radius 3 is 1.73 bits per heavy atom. The minimum atomic E-state index is -1.91. The fraction of sp³-hybridized carbons (Fsp3) is 0.679. The summed E-state index contributed by atoms with van der Waals surface area (Å²) in [6.45, 7) is 16.6. The van der Waals surface area contributed by atoms with Crippen molar-refractivity contribution in [1.82, 2.24) is 0 Å². The smallest absolute Gasteiger partial charge is 0.311 e. The maximum Gasteiger partial charge on any atom is 0.311 e. The second-order valence-electron chi connectivity index (χ2n) is 12.5. The molecule has 7 nitrogen and oxygen atoms in total. The quantitative estimate of drug-likeness (QED) is 0.338. The first kappa shape index (κ1) is 31.1. The molecule has 1 aliphatic rings. The molecule has 5 unspecified atom stereocenters. The normalized spacial score (nSPS) is 24.8. The van der Waals surface area contributed by atoms with Gasteiger partial charge in [-0.05, 0) is 81.4 Å². The zero-order chi connectivity index (χ0) is 28.3. The number of carbonyl (C=O) groups is 3. The molecule has 0 aliphatic carbocycles. The van der Waals surface area contributed by atoms with Crippen LogP contribution in [0.3, 0.4) is 0 Å². The summed E-state index contributed by atoms with van der Waals surface area (Å²) in [7, 11) is 0. The number of aryl methyl sites for hydroxylation is 1. The molecule has 208 valence electrons. The lowest BCUT2D eigenvalue weighted by atomic mass is 9.95. The van der Waals surface area contributed by atoms with E-state index in [4.69, 9.17) is 18.9 Å². The standard InChI is InChI=1S/C28H41FO7S/c1-16-11-13-17(14-12-16)37-22-21(36-25(32)28(8,9)10)20(35-24(31)27(5,6)7)19(29)18(34-22)15-33-23(30)26(2,3)4/h11-14,18-22H,15H2,1-10H3. The molecule has 1 aliphatic heterocycles. The maximum atomic E-state index is 16.0. The lowest BCUT2D eigenvalue weighted by molar-refractivity contribution is -0.226. The zero-order valence-corrected chi connectivity index (χ0v) is 24.4. The average molecular weight is 541 g/mol. The van der Waals surface area contributed by atoms with Gasteiger partial charge in [-0.2, -0.15) is 0 Å². The van der Waals surface area contributed by atoms with E-state index in [1.807, 2.05) is 31.2 Å². The number of hydrogen-bond acceptors (Lipinski definition) is 8. The third-order valence-corrected chi connectivity index (χ3v) is 6.70. The van der Waals surface area contributed by atoms with E-state index in [9.17, 15) is 14.4 Å². The molecule has 0 saturated carbocycles. The highest BCUT2D eigenvalue weighted by atomic mass is 32.2. The van der Waals surface area contributed by atoms with Gasteiger partial charge in [-0.25, -0.2) is 4.39 Å². The van der Waals surface area contributed by atoms with Gasteiger partial charge in [-0.15, -0.1) is 0 Å². The number of rotatable bonds is 6. The first-order valence-electron chi connectivity index (χ1n) is 12.4. The van der Waals surface area contributed by atoms with E-state index in [0.29, 0.717) is 0 Å². The minimum Gasteiger partial charge on any atom is -0.462 e. The zero-order valence-electron chi connectivity index (χ0n) is 23.5. The second kappa shape index (κ2) is 11.7. The number of thioether (sulfide) groups is 1. The summed E-state index contributed by atoms with van der Waals surface area (Å²) >= 11 is 1.22. The van der Waals surface area contributed by atoms with Gasteiger partial charge >= 0.3 is 17.9 Å². The van der Waals surface area contributed by atoms with E-state index < -0.39 is 64.1 Å². The molecule has 0 amide bonds. The summed E-state index contributed by atoms with van der Waals surface area (Å²) in [6, 6.07) is 7.58. The molecule has 1 aromatic rings. The Morgan fingerprint density at radius 1 is 0.811 bits per heavy atom. The van der Waals surface area contributed by atoms with Crippen LogP contribution in [-0.2, 0) is 33.3 Å². The second-order valence-corrected chi connectivity index (χ2v) is 13.7. The van der Waals surface area contributed by atoms with E-state index in [0.717, 1.165) is 10.5 Å². The lowest BCUT2D eigenvalue weighted by Crippen LogP contribution is -2.60. The molecule has 9 heteroatoms. The molecule has 1 fully saturated rings. The molecule has 1 saturated heterocycles. The highest BCUT2D eigenvalue weighted by molar-refractivity contribution is 7.99. The third kappa shape index (κ3) is 8.70. The van der Waals surface area contributed by atoms with E-state index in [2.05, 4.69) is 0 Å². The van der Waals surface area contributed by atoms with Crippen LogP contribution in [-0.4, -0.2) is 54.4 Å². The summed E-state index contributed by atoms with van der Waals surface area (Å²) < 4.78 is 38.8. The van der Waals surface area contributed by atoms with Crippen molar-refractivity contribution < 1.29 is 37.7 Å². The van der Waals surface area contributed by atoms with Crippen LogP contribution in [0.1, 0.15) is 67.9 Å². The molecule has 5 atom stereocenters. The van der Waals surface area contributed by atoms with Gasteiger partial charge in [0.15, 0.2) is 18.4 Å². The third-order valence-electron chi connectivity index (χ3n) is 5.55. The molecule has 0 aromatic heterocycles. The molecular formula is C28H41FO7S. The first-order valence-corrected chi connectivity index (χ1v) is 13.3. The van der Waals surface area contributed by atoms with Gasteiger partial charge < -0.3 is 18.9 Å². The minimum absolute atomic E-state index is 0.383. The van der Waals surface area contributed by atoms with Gasteiger partial charge in [0.2, 0.25) is 0 Å². The van der Waals surface area contributed by atoms with Crippen LogP contribution in [0.4, 0.5) is 4.39 Å². The van der Waals surface area contributed by atoms with Crippen molar-refractivity contribution in [3.05, 3.63) is 29.8 Å². The molecule has 1 heterocycles. The molecule has 37 heavy (non-hydrogen) atoms. The van der Waals surface area contributed by atoms with Crippen molar-refractivity contribution >= 4 is 29.7 Å². The molecule has 0 radical (unpaired) electrons. The van der Waals surface area contributed by atoms with Crippen molar-refractivity contribution in [3.8, 4) is 0 Å². The number of carbonyl (C=O) groups excluding carboxylic acids is 3. The molecular weight excluding hydrogens is 499 g/mol. The van der Waals surface area contributed by atoms with Crippen molar-refractivity contribution in [2.24, 2.45) is 16.2 Å². The summed E-state index contributed by atoms with van der Waals surface area (Å²) in [6.07, 6.45) is -5.86. The van der Waals surface area contributed by atoms with Gasteiger partial charge in [0, 0.05) is 4.90 Å². The van der Waals surface area contributed by atoms with Crippen LogP contribution >= 0.6 is 11.8 Å². The number of halogens is 1. The summed E-state index contributed by atoms with van der Waals surface area (Å²) in [5.74, 6) is -1.75. The Kier molecular flexibility index (Phi) is 9.85. The van der Waals surface area contributed by atoms with Crippen LogP contribution < -0.4 is 0 Å². The van der Waals surface area contributed by atoms with Gasteiger partial charge in [0.1, 0.15) is 18.1 Å². The molecule has 0 bridgehead atoms. The van der Waals surface area contributed by atoms with Crippen LogP contribution in [0.5, 0.6) is 0 Å². The SMILES string of the molecule is Cc1ccc(SC2OC(COC(=O)C(C)(C)C)C(F)C(OC(=O)C(C)(C)C)C2OC(=O)C(C)(C)C)cc1. The number of alkyl halides is 1.